The van der Waals surface area contributed by atoms with E-state index in [0.717, 1.165) is 47.0 Å². The van der Waals surface area contributed by atoms with Crippen molar-refractivity contribution in [3.05, 3.63) is 0 Å². The lowest BCUT2D eigenvalue weighted by Crippen LogP contribution is -2.63. The van der Waals surface area contributed by atoms with E-state index >= 15 is 0 Å². The third-order valence-electron chi connectivity index (χ3n) is 7.92. The smallest absolute Gasteiger partial charge is 0.303 e. The van der Waals surface area contributed by atoms with E-state index in [0.29, 0.717) is 13.0 Å². The van der Waals surface area contributed by atoms with Crippen LogP contribution in [-0.2, 0) is 62.0 Å². The maximum atomic E-state index is 13.2. The summed E-state index contributed by atoms with van der Waals surface area (Å²) in [6.07, 6.45) is 5.61. The van der Waals surface area contributed by atoms with Crippen LogP contribution in [0.5, 0.6) is 0 Å². The zero-order chi connectivity index (χ0) is 38.2. The third-order valence-corrected chi connectivity index (χ3v) is 7.92. The van der Waals surface area contributed by atoms with Crippen LogP contribution < -0.4 is 10.6 Å². The molecular formula is C35H58N2O14. The Morgan fingerprint density at radius 1 is 0.667 bits per heavy atom. The van der Waals surface area contributed by atoms with Crippen LogP contribution in [0.25, 0.3) is 0 Å². The number of carboxylic acid groups (broad SMARTS) is 1. The van der Waals surface area contributed by atoms with Gasteiger partial charge in [0.2, 0.25) is 11.8 Å². The zero-order valence-electron chi connectivity index (χ0n) is 30.7. The fourth-order valence-corrected chi connectivity index (χ4v) is 5.48. The van der Waals surface area contributed by atoms with Crippen LogP contribution in [0.3, 0.4) is 0 Å². The molecule has 6 atom stereocenters. The first-order chi connectivity index (χ1) is 24.2. The number of carboxylic acids is 1. The molecule has 1 heterocycles. The number of carbonyl (C=O) groups is 7. The van der Waals surface area contributed by atoms with Crippen molar-refractivity contribution in [2.45, 2.75) is 161 Å². The lowest BCUT2D eigenvalue weighted by atomic mass is 9.98. The molecule has 3 N–H and O–H groups in total. The summed E-state index contributed by atoms with van der Waals surface area (Å²) in [4.78, 5) is 84.6. The van der Waals surface area contributed by atoms with Crippen LogP contribution in [0.2, 0.25) is 0 Å². The molecule has 292 valence electrons. The minimum atomic E-state index is -1.58. The maximum Gasteiger partial charge on any atom is 0.303 e. The first kappa shape index (κ1) is 45.2. The van der Waals surface area contributed by atoms with Crippen molar-refractivity contribution in [1.29, 1.82) is 0 Å². The second-order valence-electron chi connectivity index (χ2n) is 12.6. The second-order valence-corrected chi connectivity index (χ2v) is 12.6. The summed E-state index contributed by atoms with van der Waals surface area (Å²) in [6.45, 7) is 5.85. The second kappa shape index (κ2) is 26.1. The van der Waals surface area contributed by atoms with Crippen molar-refractivity contribution in [2.75, 3.05) is 19.8 Å². The molecular weight excluding hydrogens is 672 g/mol. The predicted molar refractivity (Wildman–Crippen MR) is 181 cm³/mol. The summed E-state index contributed by atoms with van der Waals surface area (Å²) in [6, 6.07) is -1.34. The average Bonchev–Trinajstić information content (AvgIpc) is 3.04. The van der Waals surface area contributed by atoms with Crippen molar-refractivity contribution in [2.24, 2.45) is 0 Å². The summed E-state index contributed by atoms with van der Waals surface area (Å²) in [5, 5.41) is 14.2. The quantitative estimate of drug-likeness (QED) is 0.0661. The van der Waals surface area contributed by atoms with E-state index < -0.39 is 104 Å². The number of unbranched alkanes of at least 4 members (excludes halogenated alkanes) is 11. The molecule has 0 aromatic rings. The van der Waals surface area contributed by atoms with E-state index in [1.54, 1.807) is 0 Å². The van der Waals surface area contributed by atoms with Crippen LogP contribution in [-0.4, -0.2) is 103 Å². The van der Waals surface area contributed by atoms with Crippen LogP contribution in [0.1, 0.15) is 125 Å². The summed E-state index contributed by atoms with van der Waals surface area (Å²) in [5.74, 6) is -5.72. The molecule has 51 heavy (non-hydrogen) atoms. The number of amides is 2. The van der Waals surface area contributed by atoms with Gasteiger partial charge in [0.15, 0.2) is 24.6 Å². The first-order valence-corrected chi connectivity index (χ1v) is 18.0. The predicted octanol–water partition coefficient (Wildman–Crippen LogP) is 3.25. The van der Waals surface area contributed by atoms with Crippen molar-refractivity contribution in [3.63, 3.8) is 0 Å². The summed E-state index contributed by atoms with van der Waals surface area (Å²) >= 11 is 0. The molecule has 1 rings (SSSR count). The highest BCUT2D eigenvalue weighted by molar-refractivity contribution is 5.88. The van der Waals surface area contributed by atoms with Gasteiger partial charge < -0.3 is 44.2 Å². The van der Waals surface area contributed by atoms with E-state index in [-0.39, 0.29) is 0 Å². The van der Waals surface area contributed by atoms with Crippen LogP contribution >= 0.6 is 0 Å². The minimum Gasteiger partial charge on any atom is -0.481 e. The molecule has 0 radical (unpaired) electrons. The molecule has 2 amide bonds. The monoisotopic (exact) mass is 730 g/mol. The number of rotatable bonds is 26. The molecule has 1 saturated heterocycles. The number of aliphatic carboxylic acids is 1. The van der Waals surface area contributed by atoms with E-state index in [1.807, 2.05) is 0 Å². The topological polar surface area (TPSA) is 219 Å². The molecule has 1 aliphatic rings. The number of nitrogens with one attached hydrogen (secondary N) is 2. The van der Waals surface area contributed by atoms with Gasteiger partial charge in [-0.2, -0.15) is 0 Å². The van der Waals surface area contributed by atoms with Crippen LogP contribution in [0, 0.1) is 0 Å². The first-order valence-electron chi connectivity index (χ1n) is 18.0. The maximum absolute atomic E-state index is 13.2. The molecule has 1 unspecified atom stereocenters. The third kappa shape index (κ3) is 20.6. The van der Waals surface area contributed by atoms with Crippen molar-refractivity contribution in [1.82, 2.24) is 10.6 Å². The molecule has 0 saturated carbocycles. The van der Waals surface area contributed by atoms with Gasteiger partial charge in [0, 0.05) is 40.7 Å². The van der Waals surface area contributed by atoms with Crippen molar-refractivity contribution < 1.29 is 67.1 Å². The van der Waals surface area contributed by atoms with Crippen LogP contribution in [0.4, 0.5) is 0 Å². The fourth-order valence-electron chi connectivity index (χ4n) is 5.48. The zero-order valence-corrected chi connectivity index (χ0v) is 30.7. The number of hydrogen-bond acceptors (Lipinski definition) is 13. The molecule has 0 aromatic heterocycles. The summed E-state index contributed by atoms with van der Waals surface area (Å²) < 4.78 is 32.9. The highest BCUT2D eigenvalue weighted by Gasteiger charge is 2.53. The number of carbonyl (C=O) groups excluding carboxylic acids is 6. The summed E-state index contributed by atoms with van der Waals surface area (Å²) in [7, 11) is 0. The molecule has 16 heteroatoms. The van der Waals surface area contributed by atoms with E-state index in [2.05, 4.69) is 17.6 Å². The standard InChI is InChI=1S/C35H58N2O14/c1-6-7-8-9-10-11-12-13-14-15-16-17-20-36-34(45)27(37-29(42)18-19-30(43)44)21-47-35-33(50-26(5)41)32(49-25(4)40)31(48-24(3)39)28(51-35)22-46-23(2)38/h27-28,31-33,35H,6-22H2,1-5H3,(H,36,45)(H,37,42)(H,43,44)/t27?,28-,31+,32+,33-,35-/m1/s1. The largest absolute Gasteiger partial charge is 0.481 e. The van der Waals surface area contributed by atoms with Gasteiger partial charge in [-0.1, -0.05) is 77.6 Å². The van der Waals surface area contributed by atoms with Gasteiger partial charge in [0.05, 0.1) is 13.0 Å². The van der Waals surface area contributed by atoms with Gasteiger partial charge in [-0.15, -0.1) is 0 Å². The van der Waals surface area contributed by atoms with Crippen molar-refractivity contribution >= 4 is 41.7 Å². The molecule has 0 aromatic carbocycles. The Bertz CT molecular complexity index is 1120. The average molecular weight is 731 g/mol. The van der Waals surface area contributed by atoms with Gasteiger partial charge in [-0.25, -0.2) is 0 Å². The van der Waals surface area contributed by atoms with E-state index in [9.17, 15) is 33.6 Å². The lowest BCUT2D eigenvalue weighted by molar-refractivity contribution is -0.308. The van der Waals surface area contributed by atoms with E-state index in [1.165, 1.54) is 51.4 Å². The van der Waals surface area contributed by atoms with Gasteiger partial charge in [-0.3, -0.25) is 33.6 Å². The molecule has 0 spiro atoms. The number of ether oxygens (including phenoxy) is 6. The molecule has 16 nitrogen and oxygen atoms in total. The van der Waals surface area contributed by atoms with Gasteiger partial charge in [0.1, 0.15) is 18.8 Å². The highest BCUT2D eigenvalue weighted by atomic mass is 16.7. The Kier molecular flexibility index (Phi) is 23.1. The van der Waals surface area contributed by atoms with Gasteiger partial charge in [-0.05, 0) is 6.42 Å². The highest BCUT2D eigenvalue weighted by Crippen LogP contribution is 2.30. The molecule has 1 fully saturated rings. The van der Waals surface area contributed by atoms with Gasteiger partial charge in [0.25, 0.3) is 0 Å². The Morgan fingerprint density at radius 3 is 1.69 bits per heavy atom. The van der Waals surface area contributed by atoms with Crippen LogP contribution in [0.15, 0.2) is 0 Å². The summed E-state index contributed by atoms with van der Waals surface area (Å²) in [5.41, 5.74) is 0. The van der Waals surface area contributed by atoms with Crippen molar-refractivity contribution in [3.8, 4) is 0 Å². The Morgan fingerprint density at radius 2 is 1.18 bits per heavy atom. The molecule has 0 aliphatic carbocycles. The SMILES string of the molecule is CCCCCCCCCCCCCCNC(=O)C(CO[C@@H]1O[C@H](COC(C)=O)[C@H](OC(C)=O)[C@H](OC(C)=O)[C@H]1OC(C)=O)NC(=O)CCC(=O)O. The Labute approximate surface area is 300 Å². The van der Waals surface area contributed by atoms with Gasteiger partial charge >= 0.3 is 29.8 Å². The molecule has 1 aliphatic heterocycles. The molecule has 0 bridgehead atoms. The normalized spacial score (nSPS) is 20.4. The minimum absolute atomic E-state index is 0.316. The fraction of sp³-hybridized carbons (Fsp3) is 0.800. The van der Waals surface area contributed by atoms with E-state index in [4.69, 9.17) is 33.5 Å². The Hall–Kier alpha value is -3.79. The number of esters is 4. The number of hydrogen-bond donors (Lipinski definition) is 3. The Balaban J connectivity index is 2.98. The lowest BCUT2D eigenvalue weighted by Gasteiger charge is -2.44.